The minimum absolute atomic E-state index is 0.116. The van der Waals surface area contributed by atoms with Crippen LogP contribution in [0.2, 0.25) is 0 Å². The lowest BCUT2D eigenvalue weighted by Gasteiger charge is -2.18. The quantitative estimate of drug-likeness (QED) is 0.467. The lowest BCUT2D eigenvalue weighted by molar-refractivity contribution is -0.133. The highest BCUT2D eigenvalue weighted by Crippen LogP contribution is 2.33. The number of hydrogen-bond acceptors (Lipinski definition) is 6. The van der Waals surface area contributed by atoms with E-state index in [0.717, 1.165) is 27.3 Å². The molecule has 0 aliphatic heterocycles. The third-order valence-corrected chi connectivity index (χ3v) is 7.13. The molecular weight excluding hydrogens is 444 g/mol. The molecule has 0 saturated carbocycles. The fourth-order valence-electron chi connectivity index (χ4n) is 3.34. The van der Waals surface area contributed by atoms with Gasteiger partial charge in [-0.3, -0.25) is 19.0 Å². The van der Waals surface area contributed by atoms with Crippen LogP contribution in [0.5, 0.6) is 0 Å². The van der Waals surface area contributed by atoms with Gasteiger partial charge in [0, 0.05) is 28.6 Å². The summed E-state index contributed by atoms with van der Waals surface area (Å²) in [5.41, 5.74) is 3.35. The van der Waals surface area contributed by atoms with Crippen LogP contribution >= 0.6 is 22.7 Å². The summed E-state index contributed by atoms with van der Waals surface area (Å²) in [5.74, 6) is -0.648. The fraction of sp³-hybridized carbons (Fsp3) is 0.217. The third-order valence-electron chi connectivity index (χ3n) is 5.34. The number of rotatable bonds is 6. The monoisotopic (exact) mass is 466 g/mol. The Morgan fingerprint density at radius 1 is 1.16 bits per heavy atom. The molecule has 0 atom stereocenters. The molecule has 4 aromatic rings. The average Bonchev–Trinajstić information content (AvgIpc) is 3.43. The number of fused-ring (bicyclic) bond motifs is 1. The Kier molecular flexibility index (Phi) is 6.20. The smallest absolute Gasteiger partial charge is 0.263 e. The number of nitrogens with zero attached hydrogens (tertiary/aromatic N) is 3. The van der Waals surface area contributed by atoms with Gasteiger partial charge in [-0.15, -0.1) is 22.7 Å². The zero-order valence-corrected chi connectivity index (χ0v) is 19.5. The largest absolute Gasteiger partial charge is 0.335 e. The summed E-state index contributed by atoms with van der Waals surface area (Å²) in [7, 11) is 1.55. The first-order valence-corrected chi connectivity index (χ1v) is 11.7. The molecule has 32 heavy (non-hydrogen) atoms. The van der Waals surface area contributed by atoms with Crippen LogP contribution < -0.4 is 10.9 Å². The van der Waals surface area contributed by atoms with Crippen LogP contribution in [0.4, 0.5) is 5.69 Å². The normalized spacial score (nSPS) is 11.0. The van der Waals surface area contributed by atoms with Crippen molar-refractivity contribution >= 4 is 50.4 Å². The van der Waals surface area contributed by atoms with Crippen molar-refractivity contribution < 1.29 is 9.59 Å². The molecule has 0 radical (unpaired) electrons. The van der Waals surface area contributed by atoms with Gasteiger partial charge in [0.1, 0.15) is 11.4 Å². The number of aromatic nitrogens is 2. The van der Waals surface area contributed by atoms with Crippen LogP contribution in [0.15, 0.2) is 52.2 Å². The number of benzene rings is 1. The first-order valence-electron chi connectivity index (χ1n) is 9.95. The van der Waals surface area contributed by atoms with E-state index in [2.05, 4.69) is 10.3 Å². The SMILES string of the molecule is Cc1cccc(NC(=O)CN(C)C(=O)Cn2cnc3scc(-c4cccs4)c3c2=O)c1C. The number of aryl methyl sites for hydroxylation is 1. The van der Waals surface area contributed by atoms with Crippen molar-refractivity contribution in [3.05, 3.63) is 68.9 Å². The molecule has 1 aromatic carbocycles. The zero-order chi connectivity index (χ0) is 22.8. The number of amides is 2. The predicted molar refractivity (Wildman–Crippen MR) is 129 cm³/mol. The maximum absolute atomic E-state index is 13.1. The Hall–Kier alpha value is -3.30. The third kappa shape index (κ3) is 4.35. The summed E-state index contributed by atoms with van der Waals surface area (Å²) in [4.78, 5) is 45.5. The van der Waals surface area contributed by atoms with Crippen LogP contribution in [0.1, 0.15) is 11.1 Å². The lowest BCUT2D eigenvalue weighted by Crippen LogP contribution is -2.38. The molecule has 0 aliphatic carbocycles. The summed E-state index contributed by atoms with van der Waals surface area (Å²) >= 11 is 2.95. The van der Waals surface area contributed by atoms with Crippen molar-refractivity contribution in [3.63, 3.8) is 0 Å². The van der Waals surface area contributed by atoms with Gasteiger partial charge in [-0.25, -0.2) is 4.98 Å². The predicted octanol–water partition coefficient (Wildman–Crippen LogP) is 3.90. The molecule has 0 fully saturated rings. The summed E-state index contributed by atoms with van der Waals surface area (Å²) in [6.07, 6.45) is 1.39. The maximum Gasteiger partial charge on any atom is 0.263 e. The highest BCUT2D eigenvalue weighted by molar-refractivity contribution is 7.18. The number of likely N-dealkylation sites (N-methyl/N-ethyl adjacent to an activating group) is 1. The van der Waals surface area contributed by atoms with Crippen molar-refractivity contribution in [2.24, 2.45) is 0 Å². The number of hydrogen-bond donors (Lipinski definition) is 1. The summed E-state index contributed by atoms with van der Waals surface area (Å²) in [6, 6.07) is 9.56. The van der Waals surface area contributed by atoms with Crippen molar-refractivity contribution in [1.82, 2.24) is 14.5 Å². The van der Waals surface area contributed by atoms with Gasteiger partial charge in [0.2, 0.25) is 11.8 Å². The van der Waals surface area contributed by atoms with Crippen LogP contribution in [0, 0.1) is 13.8 Å². The number of anilines is 1. The summed E-state index contributed by atoms with van der Waals surface area (Å²) < 4.78 is 1.30. The Labute approximate surface area is 193 Å². The van der Waals surface area contributed by atoms with E-state index in [-0.39, 0.29) is 30.5 Å². The Balaban J connectivity index is 1.48. The molecule has 0 aliphatic rings. The zero-order valence-electron chi connectivity index (χ0n) is 17.9. The molecule has 1 N–H and O–H groups in total. The standard InChI is InChI=1S/C23H22N4O3S2/c1-14-6-4-7-17(15(14)2)25-19(28)10-26(3)20(29)11-27-13-24-22-21(23(27)30)16(12-32-22)18-8-5-9-31-18/h4-9,12-13H,10-11H2,1-3H3,(H,25,28). The van der Waals surface area contributed by atoms with Crippen LogP contribution in [0.25, 0.3) is 20.7 Å². The molecule has 3 aromatic heterocycles. The van der Waals surface area contributed by atoms with E-state index < -0.39 is 0 Å². The van der Waals surface area contributed by atoms with Gasteiger partial charge in [0.25, 0.3) is 5.56 Å². The van der Waals surface area contributed by atoms with Gasteiger partial charge >= 0.3 is 0 Å². The van der Waals surface area contributed by atoms with Gasteiger partial charge in [0.15, 0.2) is 0 Å². The van der Waals surface area contributed by atoms with Gasteiger partial charge in [-0.1, -0.05) is 18.2 Å². The average molecular weight is 467 g/mol. The molecule has 0 spiro atoms. The van der Waals surface area contributed by atoms with Crippen LogP contribution in [-0.4, -0.2) is 39.9 Å². The van der Waals surface area contributed by atoms with E-state index in [1.165, 1.54) is 27.1 Å². The lowest BCUT2D eigenvalue weighted by atomic mass is 10.1. The molecular formula is C23H22N4O3S2. The van der Waals surface area contributed by atoms with E-state index in [4.69, 9.17) is 0 Å². The minimum atomic E-state index is -0.350. The van der Waals surface area contributed by atoms with E-state index in [0.29, 0.717) is 10.2 Å². The van der Waals surface area contributed by atoms with Crippen LogP contribution in [-0.2, 0) is 16.1 Å². The van der Waals surface area contributed by atoms with E-state index >= 15 is 0 Å². The van der Waals surface area contributed by atoms with E-state index in [9.17, 15) is 14.4 Å². The molecule has 4 rings (SSSR count). The highest BCUT2D eigenvalue weighted by atomic mass is 32.1. The minimum Gasteiger partial charge on any atom is -0.335 e. The topological polar surface area (TPSA) is 84.3 Å². The second-order valence-corrected chi connectivity index (χ2v) is 9.34. The summed E-state index contributed by atoms with van der Waals surface area (Å²) in [6.45, 7) is 3.61. The number of carbonyl (C=O) groups is 2. The molecule has 3 heterocycles. The maximum atomic E-state index is 13.1. The molecule has 7 nitrogen and oxygen atoms in total. The van der Waals surface area contributed by atoms with Crippen molar-refractivity contribution in [2.75, 3.05) is 18.9 Å². The molecule has 0 bridgehead atoms. The van der Waals surface area contributed by atoms with E-state index in [1.807, 2.05) is 54.9 Å². The number of nitrogens with one attached hydrogen (secondary N) is 1. The van der Waals surface area contributed by atoms with Crippen LogP contribution in [0.3, 0.4) is 0 Å². The first-order chi connectivity index (χ1) is 15.3. The molecule has 9 heteroatoms. The molecule has 0 unspecified atom stereocenters. The fourth-order valence-corrected chi connectivity index (χ4v) is 5.06. The van der Waals surface area contributed by atoms with E-state index in [1.54, 1.807) is 18.4 Å². The van der Waals surface area contributed by atoms with Crippen molar-refractivity contribution in [2.45, 2.75) is 20.4 Å². The first kappa shape index (κ1) is 21.9. The molecule has 2 amide bonds. The van der Waals surface area contributed by atoms with Gasteiger partial charge < -0.3 is 10.2 Å². The van der Waals surface area contributed by atoms with Gasteiger partial charge in [-0.2, -0.15) is 0 Å². The Bertz CT molecular complexity index is 1360. The highest BCUT2D eigenvalue weighted by Gasteiger charge is 2.18. The number of thiophene rings is 2. The number of carbonyl (C=O) groups excluding carboxylic acids is 2. The van der Waals surface area contributed by atoms with Crippen molar-refractivity contribution in [1.29, 1.82) is 0 Å². The second-order valence-electron chi connectivity index (χ2n) is 7.53. The molecule has 164 valence electrons. The van der Waals surface area contributed by atoms with Gasteiger partial charge in [0.05, 0.1) is 18.3 Å². The molecule has 0 saturated heterocycles. The Morgan fingerprint density at radius 3 is 2.72 bits per heavy atom. The Morgan fingerprint density at radius 2 is 1.97 bits per heavy atom. The van der Waals surface area contributed by atoms with Crippen molar-refractivity contribution in [3.8, 4) is 10.4 Å². The second kappa shape index (κ2) is 9.05. The van der Waals surface area contributed by atoms with Gasteiger partial charge in [-0.05, 0) is 42.5 Å². The summed E-state index contributed by atoms with van der Waals surface area (Å²) in [5, 5.41) is 7.23.